The van der Waals surface area contributed by atoms with E-state index in [9.17, 15) is 9.59 Å². The molecule has 102 valence electrons. The molecule has 0 bridgehead atoms. The molecule has 1 fully saturated rings. The Morgan fingerprint density at radius 1 is 1.37 bits per heavy atom. The van der Waals surface area contributed by atoms with Crippen LogP contribution in [0.4, 0.5) is 0 Å². The molecule has 1 aliphatic rings. The molecule has 6 heteroatoms. The van der Waals surface area contributed by atoms with Crippen LogP contribution in [0.3, 0.4) is 0 Å². The van der Waals surface area contributed by atoms with Gasteiger partial charge in [0.25, 0.3) is 0 Å². The van der Waals surface area contributed by atoms with Crippen LogP contribution in [-0.2, 0) is 9.59 Å². The number of carbonyl (C=O) groups is 2. The SMILES string of the molecule is C[C@H](NC(=O)C1(C(=O)O)CC1)c1ccc(Cl)cc1Cl. The molecule has 0 saturated heterocycles. The van der Waals surface area contributed by atoms with Gasteiger partial charge >= 0.3 is 5.97 Å². The largest absolute Gasteiger partial charge is 0.480 e. The van der Waals surface area contributed by atoms with Crippen LogP contribution < -0.4 is 5.32 Å². The number of hydrogen-bond donors (Lipinski definition) is 2. The van der Waals surface area contributed by atoms with Crippen LogP contribution in [-0.4, -0.2) is 17.0 Å². The van der Waals surface area contributed by atoms with Crippen molar-refractivity contribution in [2.24, 2.45) is 5.41 Å². The molecule has 1 amide bonds. The molecule has 1 aromatic rings. The van der Waals surface area contributed by atoms with E-state index in [4.69, 9.17) is 28.3 Å². The van der Waals surface area contributed by atoms with Crippen molar-refractivity contribution >= 4 is 35.1 Å². The van der Waals surface area contributed by atoms with Crippen molar-refractivity contribution in [3.63, 3.8) is 0 Å². The van der Waals surface area contributed by atoms with Crippen LogP contribution in [0.5, 0.6) is 0 Å². The van der Waals surface area contributed by atoms with Crippen molar-refractivity contribution < 1.29 is 14.7 Å². The first kappa shape index (κ1) is 14.2. The summed E-state index contributed by atoms with van der Waals surface area (Å²) >= 11 is 11.9. The molecule has 1 aromatic carbocycles. The zero-order valence-corrected chi connectivity index (χ0v) is 11.8. The Balaban J connectivity index is 2.11. The molecule has 0 aliphatic heterocycles. The highest BCUT2D eigenvalue weighted by molar-refractivity contribution is 6.35. The average Bonchev–Trinajstić information content (AvgIpc) is 3.09. The topological polar surface area (TPSA) is 66.4 Å². The lowest BCUT2D eigenvalue weighted by molar-refractivity contribution is -0.149. The quantitative estimate of drug-likeness (QED) is 0.840. The number of aliphatic carboxylic acids is 1. The number of hydrogen-bond acceptors (Lipinski definition) is 2. The summed E-state index contributed by atoms with van der Waals surface area (Å²) in [7, 11) is 0. The van der Waals surface area contributed by atoms with E-state index < -0.39 is 17.3 Å². The van der Waals surface area contributed by atoms with E-state index in [1.807, 2.05) is 0 Å². The van der Waals surface area contributed by atoms with Crippen molar-refractivity contribution in [2.75, 3.05) is 0 Å². The standard InChI is InChI=1S/C13H13Cl2NO3/c1-7(9-3-2-8(14)6-10(9)15)16-11(17)13(4-5-13)12(18)19/h2-3,6-7H,4-5H2,1H3,(H,16,17)(H,18,19)/t7-/m0/s1. The number of rotatable bonds is 4. The van der Waals surface area contributed by atoms with Crippen LogP contribution in [0.25, 0.3) is 0 Å². The predicted molar refractivity (Wildman–Crippen MR) is 72.3 cm³/mol. The molecule has 0 aromatic heterocycles. The van der Waals surface area contributed by atoms with Crippen molar-refractivity contribution in [3.05, 3.63) is 33.8 Å². The van der Waals surface area contributed by atoms with Gasteiger partial charge in [0, 0.05) is 10.0 Å². The summed E-state index contributed by atoms with van der Waals surface area (Å²) in [5.74, 6) is -1.53. The molecule has 0 unspecified atom stereocenters. The molecular formula is C13H13Cl2NO3. The monoisotopic (exact) mass is 301 g/mol. The first-order valence-corrected chi connectivity index (χ1v) is 6.62. The smallest absolute Gasteiger partial charge is 0.319 e. The molecule has 1 aliphatic carbocycles. The van der Waals surface area contributed by atoms with Gasteiger partial charge in [0.2, 0.25) is 5.91 Å². The van der Waals surface area contributed by atoms with Gasteiger partial charge in [-0.15, -0.1) is 0 Å². The van der Waals surface area contributed by atoms with Gasteiger partial charge in [0.1, 0.15) is 5.41 Å². The third kappa shape index (κ3) is 2.69. The third-order valence-electron chi connectivity index (χ3n) is 3.37. The van der Waals surface area contributed by atoms with Crippen molar-refractivity contribution in [3.8, 4) is 0 Å². The molecule has 0 radical (unpaired) electrons. The van der Waals surface area contributed by atoms with Gasteiger partial charge in [-0.25, -0.2) is 0 Å². The number of amides is 1. The van der Waals surface area contributed by atoms with Crippen LogP contribution in [0.1, 0.15) is 31.4 Å². The normalized spacial score (nSPS) is 17.6. The number of benzene rings is 1. The second-order valence-corrected chi connectivity index (χ2v) is 5.59. The van der Waals surface area contributed by atoms with Crippen molar-refractivity contribution in [1.29, 1.82) is 0 Å². The molecule has 0 spiro atoms. The summed E-state index contributed by atoms with van der Waals surface area (Å²) in [4.78, 5) is 23.0. The molecule has 0 heterocycles. The van der Waals surface area contributed by atoms with Gasteiger partial charge in [-0.2, -0.15) is 0 Å². The lowest BCUT2D eigenvalue weighted by Crippen LogP contribution is -2.38. The second-order valence-electron chi connectivity index (χ2n) is 4.75. The number of nitrogens with one attached hydrogen (secondary N) is 1. The molecule has 1 saturated carbocycles. The molecule has 19 heavy (non-hydrogen) atoms. The van der Waals surface area contributed by atoms with Crippen LogP contribution in [0, 0.1) is 5.41 Å². The van der Waals surface area contributed by atoms with E-state index in [1.165, 1.54) is 0 Å². The third-order valence-corrected chi connectivity index (χ3v) is 3.93. The summed E-state index contributed by atoms with van der Waals surface area (Å²) in [6.07, 6.45) is 0.768. The van der Waals surface area contributed by atoms with Gasteiger partial charge in [-0.1, -0.05) is 29.3 Å². The Hall–Kier alpha value is -1.26. The summed E-state index contributed by atoms with van der Waals surface area (Å²) in [6, 6.07) is 4.62. The minimum absolute atomic E-state index is 0.367. The number of carboxylic acids is 1. The number of halogens is 2. The molecule has 4 nitrogen and oxygen atoms in total. The highest BCUT2D eigenvalue weighted by atomic mass is 35.5. The summed E-state index contributed by atoms with van der Waals surface area (Å²) < 4.78 is 0. The van der Waals surface area contributed by atoms with Gasteiger partial charge in [0.05, 0.1) is 6.04 Å². The van der Waals surface area contributed by atoms with Crippen LogP contribution in [0.15, 0.2) is 18.2 Å². The second kappa shape index (κ2) is 5.02. The Kier molecular flexibility index (Phi) is 3.74. The predicted octanol–water partition coefficient (Wildman–Crippen LogP) is 3.04. The van der Waals surface area contributed by atoms with E-state index in [0.717, 1.165) is 0 Å². The van der Waals surface area contributed by atoms with Gasteiger partial charge in [0.15, 0.2) is 0 Å². The van der Waals surface area contributed by atoms with Gasteiger partial charge < -0.3 is 10.4 Å². The minimum Gasteiger partial charge on any atom is -0.480 e. The van der Waals surface area contributed by atoms with Gasteiger partial charge in [-0.3, -0.25) is 9.59 Å². The zero-order chi connectivity index (χ0) is 14.2. The number of carboxylic acid groups (broad SMARTS) is 1. The first-order valence-electron chi connectivity index (χ1n) is 5.86. The maximum atomic E-state index is 12.0. The van der Waals surface area contributed by atoms with E-state index in [1.54, 1.807) is 25.1 Å². The number of carbonyl (C=O) groups excluding carboxylic acids is 1. The van der Waals surface area contributed by atoms with E-state index >= 15 is 0 Å². The van der Waals surface area contributed by atoms with Crippen LogP contribution in [0.2, 0.25) is 10.0 Å². The fourth-order valence-electron chi connectivity index (χ4n) is 1.93. The van der Waals surface area contributed by atoms with Crippen LogP contribution >= 0.6 is 23.2 Å². The zero-order valence-electron chi connectivity index (χ0n) is 10.2. The Labute approximate surface area is 120 Å². The summed E-state index contributed by atoms with van der Waals surface area (Å²) in [6.45, 7) is 1.75. The van der Waals surface area contributed by atoms with Crippen molar-refractivity contribution in [1.82, 2.24) is 5.32 Å². The lowest BCUT2D eigenvalue weighted by atomic mass is 10.0. The van der Waals surface area contributed by atoms with Crippen molar-refractivity contribution in [2.45, 2.75) is 25.8 Å². The summed E-state index contributed by atoms with van der Waals surface area (Å²) in [5.41, 5.74) is -0.534. The molecule has 1 atom stereocenters. The minimum atomic E-state index is -1.24. The molecule has 2 rings (SSSR count). The maximum Gasteiger partial charge on any atom is 0.319 e. The molecule has 2 N–H and O–H groups in total. The summed E-state index contributed by atoms with van der Waals surface area (Å²) in [5, 5.41) is 12.7. The highest BCUT2D eigenvalue weighted by Gasteiger charge is 2.57. The average molecular weight is 302 g/mol. The Morgan fingerprint density at radius 2 is 2.00 bits per heavy atom. The lowest BCUT2D eigenvalue weighted by Gasteiger charge is -2.18. The Morgan fingerprint density at radius 3 is 2.47 bits per heavy atom. The van der Waals surface area contributed by atoms with Gasteiger partial charge in [-0.05, 0) is 37.5 Å². The van der Waals surface area contributed by atoms with E-state index in [2.05, 4.69) is 5.32 Å². The molecular weight excluding hydrogens is 289 g/mol. The Bertz CT molecular complexity index is 541. The highest BCUT2D eigenvalue weighted by Crippen LogP contribution is 2.46. The first-order chi connectivity index (χ1) is 8.86. The maximum absolute atomic E-state index is 12.0. The van der Waals surface area contributed by atoms with E-state index in [-0.39, 0.29) is 6.04 Å². The fraction of sp³-hybridized carbons (Fsp3) is 0.385. The van der Waals surface area contributed by atoms with E-state index in [0.29, 0.717) is 28.5 Å². The fourth-order valence-corrected chi connectivity index (χ4v) is 2.50.